The molecular formula is C23H31N. The fraction of sp³-hybridized carbons (Fsp3) is 0.391. The highest BCUT2D eigenvalue weighted by atomic mass is 14.7. The highest BCUT2D eigenvalue weighted by molar-refractivity contribution is 5.78. The van der Waals surface area contributed by atoms with Crippen molar-refractivity contribution in [2.45, 2.75) is 46.1 Å². The van der Waals surface area contributed by atoms with Crippen LogP contribution in [0, 0.1) is 11.8 Å². The van der Waals surface area contributed by atoms with E-state index in [1.165, 1.54) is 5.56 Å². The smallest absolute Gasteiger partial charge is 0.0414 e. The lowest BCUT2D eigenvalue weighted by Gasteiger charge is -2.34. The van der Waals surface area contributed by atoms with Gasteiger partial charge in [0.05, 0.1) is 0 Å². The van der Waals surface area contributed by atoms with Crippen LogP contribution in [0.4, 0.5) is 0 Å². The normalized spacial score (nSPS) is 12.0. The molecule has 2 aromatic rings. The molecule has 128 valence electrons. The van der Waals surface area contributed by atoms with Gasteiger partial charge in [0.25, 0.3) is 0 Å². The average Bonchev–Trinajstić information content (AvgIpc) is 2.53. The third kappa shape index (κ3) is 4.58. The van der Waals surface area contributed by atoms with E-state index in [1.54, 1.807) is 0 Å². The minimum absolute atomic E-state index is 0.282. The first kappa shape index (κ1) is 18.5. The first-order chi connectivity index (χ1) is 11.3. The van der Waals surface area contributed by atoms with Crippen molar-refractivity contribution in [3.63, 3.8) is 0 Å². The second-order valence-corrected chi connectivity index (χ2v) is 7.78. The van der Waals surface area contributed by atoms with Gasteiger partial charge in [-0.2, -0.15) is 0 Å². The van der Waals surface area contributed by atoms with Crippen molar-refractivity contribution in [1.82, 2.24) is 0 Å². The molecule has 0 aliphatic carbocycles. The summed E-state index contributed by atoms with van der Waals surface area (Å²) in [5.74, 6) is 1.13. The topological polar surface area (TPSA) is 26.0 Å². The molecule has 0 aromatic heterocycles. The van der Waals surface area contributed by atoms with E-state index in [0.717, 1.165) is 29.5 Å². The Morgan fingerprint density at radius 2 is 1.42 bits per heavy atom. The van der Waals surface area contributed by atoms with E-state index in [9.17, 15) is 0 Å². The van der Waals surface area contributed by atoms with Crippen LogP contribution >= 0.6 is 0 Å². The van der Waals surface area contributed by atoms with Gasteiger partial charge in [0, 0.05) is 5.54 Å². The van der Waals surface area contributed by atoms with Crippen molar-refractivity contribution in [3.05, 3.63) is 77.9 Å². The Morgan fingerprint density at radius 1 is 0.875 bits per heavy atom. The molecule has 0 heterocycles. The fourth-order valence-corrected chi connectivity index (χ4v) is 3.60. The van der Waals surface area contributed by atoms with Crippen LogP contribution < -0.4 is 5.73 Å². The molecule has 0 amide bonds. The summed E-state index contributed by atoms with van der Waals surface area (Å²) in [7, 11) is 0. The Labute approximate surface area is 147 Å². The summed E-state index contributed by atoms with van der Waals surface area (Å²) >= 11 is 0. The van der Waals surface area contributed by atoms with Gasteiger partial charge < -0.3 is 5.73 Å². The predicted octanol–water partition coefficient (Wildman–Crippen LogP) is 5.99. The Balaban J connectivity index is 2.38. The van der Waals surface area contributed by atoms with Crippen molar-refractivity contribution in [2.75, 3.05) is 0 Å². The number of benzene rings is 2. The van der Waals surface area contributed by atoms with Crippen molar-refractivity contribution < 1.29 is 0 Å². The second kappa shape index (κ2) is 7.81. The maximum atomic E-state index is 6.90. The molecule has 0 aliphatic rings. The quantitative estimate of drug-likeness (QED) is 0.665. The Kier molecular flexibility index (Phi) is 6.01. The molecule has 1 heteroatoms. The van der Waals surface area contributed by atoms with Gasteiger partial charge in [0.15, 0.2) is 0 Å². The monoisotopic (exact) mass is 321 g/mol. The van der Waals surface area contributed by atoms with E-state index in [4.69, 9.17) is 5.73 Å². The lowest BCUT2D eigenvalue weighted by Crippen LogP contribution is -2.39. The van der Waals surface area contributed by atoms with Crippen LogP contribution in [-0.4, -0.2) is 0 Å². The van der Waals surface area contributed by atoms with Crippen LogP contribution in [0.25, 0.3) is 5.57 Å². The molecule has 0 saturated carbocycles. The van der Waals surface area contributed by atoms with E-state index in [-0.39, 0.29) is 5.54 Å². The van der Waals surface area contributed by atoms with Crippen LogP contribution in [0.15, 0.2) is 61.2 Å². The molecule has 0 atom stereocenters. The zero-order valence-electron chi connectivity index (χ0n) is 15.5. The summed E-state index contributed by atoms with van der Waals surface area (Å²) in [5.41, 5.74) is 11.2. The van der Waals surface area contributed by atoms with E-state index >= 15 is 0 Å². The molecule has 2 rings (SSSR count). The molecular weight excluding hydrogens is 290 g/mol. The summed E-state index contributed by atoms with van der Waals surface area (Å²) in [6.07, 6.45) is 1.99. The standard InChI is InChI=1S/C23H31N/c1-17(2)15-23(24,16-18(3)4)22-13-9-12-21(14-22)19(5)20-10-7-6-8-11-20/h6-14,17-18H,5,15-16,24H2,1-4H3. The third-order valence-corrected chi connectivity index (χ3v) is 4.45. The van der Waals surface area contributed by atoms with Crippen LogP contribution in [-0.2, 0) is 5.54 Å². The van der Waals surface area contributed by atoms with Gasteiger partial charge in [-0.1, -0.05) is 82.8 Å². The number of hydrogen-bond donors (Lipinski definition) is 1. The van der Waals surface area contributed by atoms with Crippen LogP contribution in [0.3, 0.4) is 0 Å². The van der Waals surface area contributed by atoms with Gasteiger partial charge in [-0.25, -0.2) is 0 Å². The van der Waals surface area contributed by atoms with Crippen molar-refractivity contribution in [3.8, 4) is 0 Å². The van der Waals surface area contributed by atoms with Gasteiger partial charge in [-0.05, 0) is 53.0 Å². The molecule has 24 heavy (non-hydrogen) atoms. The van der Waals surface area contributed by atoms with Gasteiger partial charge in [0.1, 0.15) is 0 Å². The van der Waals surface area contributed by atoms with E-state index in [0.29, 0.717) is 11.8 Å². The van der Waals surface area contributed by atoms with Gasteiger partial charge in [-0.3, -0.25) is 0 Å². The first-order valence-corrected chi connectivity index (χ1v) is 8.96. The summed E-state index contributed by atoms with van der Waals surface area (Å²) < 4.78 is 0. The van der Waals surface area contributed by atoms with E-state index in [2.05, 4.69) is 82.8 Å². The number of hydrogen-bond acceptors (Lipinski definition) is 1. The summed E-state index contributed by atoms with van der Waals surface area (Å²) in [6, 6.07) is 19.0. The van der Waals surface area contributed by atoms with Crippen molar-refractivity contribution in [1.29, 1.82) is 0 Å². The largest absolute Gasteiger partial charge is 0.321 e. The maximum absolute atomic E-state index is 6.90. The first-order valence-electron chi connectivity index (χ1n) is 8.96. The van der Waals surface area contributed by atoms with Crippen molar-refractivity contribution in [2.24, 2.45) is 17.6 Å². The predicted molar refractivity (Wildman–Crippen MR) is 106 cm³/mol. The zero-order chi connectivity index (χ0) is 17.7. The summed E-state index contributed by atoms with van der Waals surface area (Å²) in [5, 5.41) is 0. The number of rotatable bonds is 7. The van der Waals surface area contributed by atoms with Crippen LogP contribution in [0.2, 0.25) is 0 Å². The molecule has 0 bridgehead atoms. The Bertz CT molecular complexity index is 657. The summed E-state index contributed by atoms with van der Waals surface area (Å²) in [6.45, 7) is 13.3. The Morgan fingerprint density at radius 3 is 1.96 bits per heavy atom. The molecule has 0 fully saturated rings. The Hall–Kier alpha value is -1.86. The minimum Gasteiger partial charge on any atom is -0.321 e. The molecule has 2 aromatic carbocycles. The molecule has 0 spiro atoms. The fourth-order valence-electron chi connectivity index (χ4n) is 3.60. The lowest BCUT2D eigenvalue weighted by molar-refractivity contribution is 0.289. The SMILES string of the molecule is C=C(c1ccccc1)c1cccc(C(N)(CC(C)C)CC(C)C)c1. The van der Waals surface area contributed by atoms with Gasteiger partial charge in [0.2, 0.25) is 0 Å². The van der Waals surface area contributed by atoms with Gasteiger partial charge in [-0.15, -0.1) is 0 Å². The minimum atomic E-state index is -0.282. The number of nitrogens with two attached hydrogens (primary N) is 1. The average molecular weight is 322 g/mol. The van der Waals surface area contributed by atoms with Crippen LogP contribution in [0.5, 0.6) is 0 Å². The molecule has 0 saturated heterocycles. The molecule has 2 N–H and O–H groups in total. The molecule has 1 nitrogen and oxygen atoms in total. The second-order valence-electron chi connectivity index (χ2n) is 7.78. The van der Waals surface area contributed by atoms with Crippen molar-refractivity contribution >= 4 is 5.57 Å². The molecule has 0 unspecified atom stereocenters. The van der Waals surface area contributed by atoms with E-state index in [1.807, 2.05) is 6.07 Å². The highest BCUT2D eigenvalue weighted by Crippen LogP contribution is 2.34. The highest BCUT2D eigenvalue weighted by Gasteiger charge is 2.29. The third-order valence-electron chi connectivity index (χ3n) is 4.45. The lowest BCUT2D eigenvalue weighted by atomic mass is 9.77. The van der Waals surface area contributed by atoms with Gasteiger partial charge >= 0.3 is 0 Å². The molecule has 0 aliphatic heterocycles. The summed E-state index contributed by atoms with van der Waals surface area (Å²) in [4.78, 5) is 0. The maximum Gasteiger partial charge on any atom is 0.0414 e. The van der Waals surface area contributed by atoms with E-state index < -0.39 is 0 Å². The molecule has 0 radical (unpaired) electrons. The zero-order valence-corrected chi connectivity index (χ0v) is 15.5. The van der Waals surface area contributed by atoms with Crippen LogP contribution in [0.1, 0.15) is 57.2 Å².